The van der Waals surface area contributed by atoms with Gasteiger partial charge in [0.15, 0.2) is 0 Å². The Morgan fingerprint density at radius 2 is 1.95 bits per heavy atom. The maximum absolute atomic E-state index is 6.04. The van der Waals surface area contributed by atoms with E-state index in [0.29, 0.717) is 5.92 Å². The molecule has 0 bridgehead atoms. The van der Waals surface area contributed by atoms with Gasteiger partial charge in [0.1, 0.15) is 0 Å². The van der Waals surface area contributed by atoms with Gasteiger partial charge in [-0.1, -0.05) is 17.7 Å². The van der Waals surface area contributed by atoms with Crippen LogP contribution in [0.15, 0.2) is 12.1 Å². The largest absolute Gasteiger partial charge is 0.383 e. The lowest BCUT2D eigenvalue weighted by Gasteiger charge is -2.23. The molecular formula is C17H27NO2. The van der Waals surface area contributed by atoms with Crippen LogP contribution in [0.25, 0.3) is 0 Å². The van der Waals surface area contributed by atoms with Gasteiger partial charge in [0.25, 0.3) is 0 Å². The average Bonchev–Trinajstić information content (AvgIpc) is 2.82. The van der Waals surface area contributed by atoms with Crippen molar-refractivity contribution in [3.8, 4) is 0 Å². The minimum Gasteiger partial charge on any atom is -0.383 e. The van der Waals surface area contributed by atoms with Crippen LogP contribution in [0.3, 0.4) is 0 Å². The number of benzene rings is 1. The molecule has 0 radical (unpaired) electrons. The first-order chi connectivity index (χ1) is 9.63. The van der Waals surface area contributed by atoms with Crippen molar-refractivity contribution in [3.05, 3.63) is 34.4 Å². The topological polar surface area (TPSA) is 30.5 Å². The molecular weight excluding hydrogens is 250 g/mol. The molecule has 1 aliphatic rings. The van der Waals surface area contributed by atoms with Crippen molar-refractivity contribution in [2.75, 3.05) is 33.4 Å². The third-order valence-corrected chi connectivity index (χ3v) is 4.13. The Bertz CT molecular complexity index is 422. The smallest absolute Gasteiger partial charge is 0.0871 e. The van der Waals surface area contributed by atoms with Gasteiger partial charge in [-0.15, -0.1) is 0 Å². The van der Waals surface area contributed by atoms with Gasteiger partial charge in [0, 0.05) is 32.7 Å². The number of aryl methyl sites for hydroxylation is 3. The van der Waals surface area contributed by atoms with E-state index < -0.39 is 0 Å². The highest BCUT2D eigenvalue weighted by Gasteiger charge is 2.31. The maximum Gasteiger partial charge on any atom is 0.0871 e. The van der Waals surface area contributed by atoms with Crippen molar-refractivity contribution < 1.29 is 9.47 Å². The molecule has 0 saturated carbocycles. The molecule has 0 spiro atoms. The van der Waals surface area contributed by atoms with Crippen LogP contribution in [0.2, 0.25) is 0 Å². The van der Waals surface area contributed by atoms with E-state index in [4.69, 9.17) is 9.47 Å². The molecule has 2 atom stereocenters. The van der Waals surface area contributed by atoms with E-state index in [1.807, 2.05) is 0 Å². The fourth-order valence-electron chi connectivity index (χ4n) is 3.26. The van der Waals surface area contributed by atoms with Crippen LogP contribution < -0.4 is 5.32 Å². The van der Waals surface area contributed by atoms with Gasteiger partial charge in [-0.05, 0) is 43.9 Å². The van der Waals surface area contributed by atoms with Gasteiger partial charge in [-0.2, -0.15) is 0 Å². The van der Waals surface area contributed by atoms with Crippen LogP contribution in [0.4, 0.5) is 0 Å². The lowest BCUT2D eigenvalue weighted by atomic mass is 9.88. The van der Waals surface area contributed by atoms with Gasteiger partial charge in [-0.25, -0.2) is 0 Å². The molecule has 2 unspecified atom stereocenters. The van der Waals surface area contributed by atoms with Crippen LogP contribution in [-0.4, -0.2) is 33.4 Å². The molecule has 20 heavy (non-hydrogen) atoms. The fourth-order valence-corrected chi connectivity index (χ4v) is 3.26. The third kappa shape index (κ3) is 3.60. The van der Waals surface area contributed by atoms with Crippen molar-refractivity contribution in [1.29, 1.82) is 0 Å². The number of hydrogen-bond acceptors (Lipinski definition) is 3. The number of hydrogen-bond donors (Lipinski definition) is 1. The lowest BCUT2D eigenvalue weighted by Crippen LogP contribution is -2.28. The molecule has 1 N–H and O–H groups in total. The summed E-state index contributed by atoms with van der Waals surface area (Å²) in [6, 6.07) is 4.53. The van der Waals surface area contributed by atoms with Gasteiger partial charge in [0.2, 0.25) is 0 Å². The predicted molar refractivity (Wildman–Crippen MR) is 82.2 cm³/mol. The van der Waals surface area contributed by atoms with Gasteiger partial charge in [0.05, 0.1) is 12.7 Å². The normalized spacial score (nSPS) is 22.4. The third-order valence-electron chi connectivity index (χ3n) is 4.13. The molecule has 3 nitrogen and oxygen atoms in total. The first-order valence-corrected chi connectivity index (χ1v) is 7.52. The highest BCUT2D eigenvalue weighted by Crippen LogP contribution is 2.37. The molecule has 1 aromatic rings. The van der Waals surface area contributed by atoms with E-state index in [0.717, 1.165) is 32.7 Å². The highest BCUT2D eigenvalue weighted by atomic mass is 16.5. The van der Waals surface area contributed by atoms with E-state index in [1.54, 1.807) is 7.11 Å². The second-order valence-corrected chi connectivity index (χ2v) is 5.85. The number of rotatable bonds is 6. The standard InChI is InChI=1S/C17H27NO2/c1-12-9-13(2)16(14(3)10-12)17-15(5-7-20-17)11-18-6-8-19-4/h9-10,15,17-18H,5-8,11H2,1-4H3. The maximum atomic E-state index is 6.04. The van der Waals surface area contributed by atoms with Crippen LogP contribution in [0.1, 0.15) is 34.8 Å². The Morgan fingerprint density at radius 1 is 1.25 bits per heavy atom. The van der Waals surface area contributed by atoms with Gasteiger partial charge in [-0.3, -0.25) is 0 Å². The molecule has 3 heteroatoms. The summed E-state index contributed by atoms with van der Waals surface area (Å²) in [5.74, 6) is 0.562. The molecule has 1 saturated heterocycles. The zero-order chi connectivity index (χ0) is 14.5. The van der Waals surface area contributed by atoms with E-state index in [2.05, 4.69) is 38.2 Å². The summed E-state index contributed by atoms with van der Waals surface area (Å²) in [6.45, 7) is 10.1. The Morgan fingerprint density at radius 3 is 2.60 bits per heavy atom. The summed E-state index contributed by atoms with van der Waals surface area (Å²) in [5, 5.41) is 3.47. The second kappa shape index (κ2) is 7.21. The van der Waals surface area contributed by atoms with Crippen LogP contribution >= 0.6 is 0 Å². The highest BCUT2D eigenvalue weighted by molar-refractivity contribution is 5.39. The molecule has 0 aliphatic carbocycles. The summed E-state index contributed by atoms with van der Waals surface area (Å²) in [5.41, 5.74) is 5.44. The van der Waals surface area contributed by atoms with Crippen molar-refractivity contribution in [2.45, 2.75) is 33.3 Å². The molecule has 1 aliphatic heterocycles. The summed E-state index contributed by atoms with van der Waals surface area (Å²) < 4.78 is 11.1. The Hall–Kier alpha value is -0.900. The molecule has 0 amide bonds. The van der Waals surface area contributed by atoms with E-state index in [9.17, 15) is 0 Å². The van der Waals surface area contributed by atoms with Crippen molar-refractivity contribution in [3.63, 3.8) is 0 Å². The van der Waals surface area contributed by atoms with Crippen molar-refractivity contribution >= 4 is 0 Å². The Balaban J connectivity index is 2.07. The lowest BCUT2D eigenvalue weighted by molar-refractivity contribution is 0.0888. The van der Waals surface area contributed by atoms with E-state index in [1.165, 1.54) is 22.3 Å². The quantitative estimate of drug-likeness (QED) is 0.811. The number of methoxy groups -OCH3 is 1. The molecule has 112 valence electrons. The first-order valence-electron chi connectivity index (χ1n) is 7.52. The summed E-state index contributed by atoms with van der Waals surface area (Å²) in [6.07, 6.45) is 1.38. The van der Waals surface area contributed by atoms with E-state index in [-0.39, 0.29) is 6.10 Å². The van der Waals surface area contributed by atoms with Gasteiger partial charge >= 0.3 is 0 Å². The monoisotopic (exact) mass is 277 g/mol. The molecule has 1 aromatic carbocycles. The predicted octanol–water partition coefficient (Wildman–Crippen LogP) is 2.93. The zero-order valence-corrected chi connectivity index (χ0v) is 13.2. The summed E-state index contributed by atoms with van der Waals surface area (Å²) in [4.78, 5) is 0. The minimum atomic E-state index is 0.241. The Kier molecular flexibility index (Phi) is 5.58. The summed E-state index contributed by atoms with van der Waals surface area (Å²) >= 11 is 0. The second-order valence-electron chi connectivity index (χ2n) is 5.85. The summed E-state index contributed by atoms with van der Waals surface area (Å²) in [7, 11) is 1.74. The van der Waals surface area contributed by atoms with E-state index >= 15 is 0 Å². The van der Waals surface area contributed by atoms with Crippen molar-refractivity contribution in [1.82, 2.24) is 5.32 Å². The molecule has 1 heterocycles. The first kappa shape index (κ1) is 15.5. The zero-order valence-electron chi connectivity index (χ0n) is 13.2. The fraction of sp³-hybridized carbons (Fsp3) is 0.647. The number of nitrogens with one attached hydrogen (secondary N) is 1. The average molecular weight is 277 g/mol. The van der Waals surface area contributed by atoms with Crippen LogP contribution in [0.5, 0.6) is 0 Å². The molecule has 2 rings (SSSR count). The number of ether oxygens (including phenoxy) is 2. The molecule has 1 fully saturated rings. The van der Waals surface area contributed by atoms with Crippen molar-refractivity contribution in [2.24, 2.45) is 5.92 Å². The minimum absolute atomic E-state index is 0.241. The van der Waals surface area contributed by atoms with Crippen LogP contribution in [0, 0.1) is 26.7 Å². The van der Waals surface area contributed by atoms with Crippen LogP contribution in [-0.2, 0) is 9.47 Å². The Labute approximate surface area is 122 Å². The SMILES string of the molecule is COCCNCC1CCOC1c1c(C)cc(C)cc1C. The van der Waals surface area contributed by atoms with Gasteiger partial charge < -0.3 is 14.8 Å². The molecule has 0 aromatic heterocycles.